The van der Waals surface area contributed by atoms with Gasteiger partial charge in [-0.3, -0.25) is 0 Å². The quantitative estimate of drug-likeness (QED) is 0.102. The van der Waals surface area contributed by atoms with E-state index in [0.717, 1.165) is 74.0 Å². The summed E-state index contributed by atoms with van der Waals surface area (Å²) in [6.07, 6.45) is 8.83. The largest absolute Gasteiger partial charge is 0.0842 e. The van der Waals surface area contributed by atoms with E-state index < -0.39 is 5.41 Å². The summed E-state index contributed by atoms with van der Waals surface area (Å²) in [5, 5.41) is 0. The summed E-state index contributed by atoms with van der Waals surface area (Å²) in [4.78, 5) is 0. The van der Waals surface area contributed by atoms with Crippen LogP contribution in [0.4, 0.5) is 0 Å². The van der Waals surface area contributed by atoms with Crippen LogP contribution in [0.15, 0.2) is 388 Å². The van der Waals surface area contributed by atoms with E-state index in [1.807, 2.05) is 0 Å². The van der Waals surface area contributed by atoms with Gasteiger partial charge in [0.05, 0.1) is 5.41 Å². The lowest BCUT2D eigenvalue weighted by Gasteiger charge is -2.35. The van der Waals surface area contributed by atoms with Crippen molar-refractivity contribution in [3.8, 4) is 134 Å². The second-order valence-corrected chi connectivity index (χ2v) is 25.9. The maximum Gasteiger partial charge on any atom is 0.0714 e. The van der Waals surface area contributed by atoms with Crippen molar-refractivity contribution in [2.24, 2.45) is 0 Å². The van der Waals surface area contributed by atoms with Gasteiger partial charge < -0.3 is 0 Å². The number of allylic oxidation sites excluding steroid dienone is 4. The molecule has 0 atom stereocenters. The topological polar surface area (TPSA) is 0 Å². The molecule has 0 heterocycles. The zero-order valence-electron chi connectivity index (χ0n) is 53.9. The van der Waals surface area contributed by atoms with E-state index in [2.05, 4.69) is 388 Å². The fraction of sp³-hybridized carbons (Fsp3) is 0.0309. The Balaban J connectivity index is 1.01. The normalized spacial score (nSPS) is 12.8. The summed E-state index contributed by atoms with van der Waals surface area (Å²) in [6, 6.07) is 139. The highest BCUT2D eigenvalue weighted by Gasteiger charge is 2.47. The zero-order chi connectivity index (χ0) is 64.5. The highest BCUT2D eigenvalue weighted by molar-refractivity contribution is 5.93. The first kappa shape index (κ1) is 58.6. The molecule has 0 saturated carbocycles. The summed E-state index contributed by atoms with van der Waals surface area (Å²) in [5.74, 6) is 0. The molecule has 0 aliphatic heterocycles. The molecule has 97 heavy (non-hydrogen) atoms. The first-order valence-corrected chi connectivity index (χ1v) is 33.9. The molecule has 456 valence electrons. The van der Waals surface area contributed by atoms with Crippen molar-refractivity contribution < 1.29 is 0 Å². The molecule has 17 rings (SSSR count). The van der Waals surface area contributed by atoms with E-state index in [0.29, 0.717) is 0 Å². The third kappa shape index (κ3) is 11.4. The van der Waals surface area contributed by atoms with Crippen molar-refractivity contribution in [2.75, 3.05) is 0 Å². The third-order valence-electron chi connectivity index (χ3n) is 19.9. The summed E-state index contributed by atoms with van der Waals surface area (Å²) in [7, 11) is 0. The van der Waals surface area contributed by atoms with E-state index >= 15 is 0 Å². The van der Waals surface area contributed by atoms with Crippen LogP contribution in [0.2, 0.25) is 0 Å². The van der Waals surface area contributed by atoms with Gasteiger partial charge in [-0.2, -0.15) is 0 Å². The maximum atomic E-state index is 2.56. The molecule has 0 nitrogen and oxygen atoms in total. The van der Waals surface area contributed by atoms with Crippen molar-refractivity contribution in [1.29, 1.82) is 0 Å². The average molecular weight is 1230 g/mol. The lowest BCUT2D eigenvalue weighted by molar-refractivity contribution is 0.770. The Kier molecular flexibility index (Phi) is 15.5. The van der Waals surface area contributed by atoms with E-state index in [1.165, 1.54) is 106 Å². The Morgan fingerprint density at radius 3 is 0.629 bits per heavy atom. The molecule has 0 amide bonds. The van der Waals surface area contributed by atoms with Crippen LogP contribution in [0.1, 0.15) is 40.7 Å². The number of hydrogen-bond acceptors (Lipinski definition) is 0. The Hall–Kier alpha value is -12.2. The summed E-state index contributed by atoms with van der Waals surface area (Å²) < 4.78 is 0. The van der Waals surface area contributed by atoms with Crippen LogP contribution < -0.4 is 0 Å². The van der Waals surface area contributed by atoms with Crippen molar-refractivity contribution in [3.63, 3.8) is 0 Å². The number of fused-ring (bicyclic) bond motifs is 3. The molecule has 0 heteroatoms. The highest BCUT2D eigenvalue weighted by Crippen LogP contribution is 2.58. The lowest BCUT2D eigenvalue weighted by atomic mass is 9.66. The van der Waals surface area contributed by atoms with Crippen LogP contribution in [0.25, 0.3) is 139 Å². The SMILES string of the molecule is C1=CCCC(c2cc(-c3ccccc3)cc(-c3cc(-c4cc(-c5ccccc5)cc(-c5ccccc5)c4)cc(C4(c5cc(-c6cc(-c7ccccc7)cc(-c7ccccc7)c6)cc(-c6cc(-c7ccccc7)cc(-c7ccccc7)c6)c5)c5ccccc5-c5ccccc54)c3)c2)=C1. The molecule has 15 aromatic carbocycles. The summed E-state index contributed by atoms with van der Waals surface area (Å²) in [5.41, 5.74) is 34.5. The molecular weight excluding hydrogens is 1170 g/mol. The van der Waals surface area contributed by atoms with Gasteiger partial charge in [-0.25, -0.2) is 0 Å². The minimum absolute atomic E-state index is 0.878. The fourth-order valence-corrected chi connectivity index (χ4v) is 15.2. The minimum atomic E-state index is -0.878. The molecule has 0 N–H and O–H groups in total. The van der Waals surface area contributed by atoms with Gasteiger partial charge in [-0.15, -0.1) is 0 Å². The fourth-order valence-electron chi connectivity index (χ4n) is 15.2. The molecule has 0 unspecified atom stereocenters. The maximum absolute atomic E-state index is 2.56. The Morgan fingerprint density at radius 2 is 0.392 bits per heavy atom. The monoisotopic (exact) mass is 1230 g/mol. The summed E-state index contributed by atoms with van der Waals surface area (Å²) >= 11 is 0. The van der Waals surface area contributed by atoms with Crippen LogP contribution in [0.5, 0.6) is 0 Å². The van der Waals surface area contributed by atoms with Gasteiger partial charge in [-0.1, -0.05) is 279 Å². The van der Waals surface area contributed by atoms with Gasteiger partial charge in [0.15, 0.2) is 0 Å². The Morgan fingerprint density at radius 1 is 0.186 bits per heavy atom. The smallest absolute Gasteiger partial charge is 0.0714 e. The van der Waals surface area contributed by atoms with Crippen molar-refractivity contribution in [3.05, 3.63) is 416 Å². The average Bonchev–Trinajstić information content (AvgIpc) is 1.52. The molecule has 2 aliphatic carbocycles. The molecule has 0 fully saturated rings. The highest BCUT2D eigenvalue weighted by atomic mass is 14.5. The minimum Gasteiger partial charge on any atom is -0.0842 e. The molecule has 0 bridgehead atoms. The van der Waals surface area contributed by atoms with Crippen LogP contribution in [-0.4, -0.2) is 0 Å². The predicted molar refractivity (Wildman–Crippen MR) is 410 cm³/mol. The van der Waals surface area contributed by atoms with Crippen LogP contribution in [0, 0.1) is 0 Å². The zero-order valence-corrected chi connectivity index (χ0v) is 53.9. The molecule has 0 spiro atoms. The van der Waals surface area contributed by atoms with E-state index in [-0.39, 0.29) is 0 Å². The van der Waals surface area contributed by atoms with Crippen LogP contribution in [0.3, 0.4) is 0 Å². The van der Waals surface area contributed by atoms with Crippen LogP contribution >= 0.6 is 0 Å². The number of benzene rings is 15. The first-order chi connectivity index (χ1) is 48.0. The molecular formula is C97H68. The van der Waals surface area contributed by atoms with Gasteiger partial charge in [0.25, 0.3) is 0 Å². The van der Waals surface area contributed by atoms with Crippen molar-refractivity contribution in [1.82, 2.24) is 0 Å². The lowest BCUT2D eigenvalue weighted by Crippen LogP contribution is -2.29. The predicted octanol–water partition coefficient (Wildman–Crippen LogP) is 26.1. The number of hydrogen-bond donors (Lipinski definition) is 0. The second-order valence-electron chi connectivity index (χ2n) is 25.9. The Bertz CT molecular complexity index is 5090. The van der Waals surface area contributed by atoms with Crippen molar-refractivity contribution in [2.45, 2.75) is 18.3 Å². The molecule has 0 aromatic heterocycles. The van der Waals surface area contributed by atoms with E-state index in [9.17, 15) is 0 Å². The van der Waals surface area contributed by atoms with Crippen LogP contribution in [-0.2, 0) is 5.41 Å². The standard InChI is InChI=1S/C97H68/c1-9-29-67(30-10-1)75-49-76(68-31-11-2-12-32-68)54-83(53-75)87-61-88(84-55-77(69-33-13-3-14-34-69)50-78(56-84)70-35-15-4-16-36-70)64-91(63-87)97(95-47-27-25-45-93(95)94-46-26-28-48-96(94)97)92-65-89(85-57-79(71-37-17-5-18-38-71)51-80(58-85)72-39-19-6-20-40-72)62-90(66-92)86-59-81(73-41-21-7-22-42-73)52-82(60-86)74-43-23-8-24-44-74/h1-23,25-43,45-66H,24,44H2. The Labute approximate surface area is 569 Å². The van der Waals surface area contributed by atoms with Gasteiger partial charge >= 0.3 is 0 Å². The third-order valence-corrected chi connectivity index (χ3v) is 19.9. The molecule has 0 radical (unpaired) electrons. The number of rotatable bonds is 14. The van der Waals surface area contributed by atoms with E-state index in [1.54, 1.807) is 0 Å². The molecule has 0 saturated heterocycles. The summed E-state index contributed by atoms with van der Waals surface area (Å²) in [6.45, 7) is 0. The first-order valence-electron chi connectivity index (χ1n) is 33.9. The van der Waals surface area contributed by atoms with Gasteiger partial charge in [0.1, 0.15) is 0 Å². The van der Waals surface area contributed by atoms with Gasteiger partial charge in [0, 0.05) is 0 Å². The van der Waals surface area contributed by atoms with Gasteiger partial charge in [0.2, 0.25) is 0 Å². The van der Waals surface area contributed by atoms with Crippen molar-refractivity contribution >= 4 is 5.57 Å². The van der Waals surface area contributed by atoms with Gasteiger partial charge in [-0.05, 0) is 289 Å². The molecule has 2 aliphatic rings. The van der Waals surface area contributed by atoms with E-state index in [4.69, 9.17) is 0 Å². The second kappa shape index (κ2) is 25.6. The molecule has 15 aromatic rings.